The van der Waals surface area contributed by atoms with Crippen LogP contribution in [0, 0.1) is 0 Å². The lowest BCUT2D eigenvalue weighted by molar-refractivity contribution is -0.137. The maximum atomic E-state index is 12.5. The van der Waals surface area contributed by atoms with Crippen molar-refractivity contribution in [1.29, 1.82) is 0 Å². The molecule has 1 aliphatic rings. The summed E-state index contributed by atoms with van der Waals surface area (Å²) in [4.78, 5) is 12.0. The van der Waals surface area contributed by atoms with Gasteiger partial charge in [0.25, 0.3) is 0 Å². The molecule has 3 N–H and O–H groups in total. The van der Waals surface area contributed by atoms with Crippen LogP contribution in [0.4, 0.5) is 29.3 Å². The number of alkyl halides is 3. The highest BCUT2D eigenvalue weighted by Gasteiger charge is 2.30. The zero-order valence-corrected chi connectivity index (χ0v) is 13.8. The van der Waals surface area contributed by atoms with Crippen LogP contribution in [0.5, 0.6) is 0 Å². The third kappa shape index (κ3) is 4.74. The van der Waals surface area contributed by atoms with E-state index in [2.05, 4.69) is 16.0 Å². The Labute approximate surface area is 148 Å². The monoisotopic (exact) mass is 365 g/mol. The molecule has 26 heavy (non-hydrogen) atoms. The van der Waals surface area contributed by atoms with Gasteiger partial charge >= 0.3 is 12.2 Å². The smallest absolute Gasteiger partial charge is 0.371 e. The fourth-order valence-corrected chi connectivity index (χ4v) is 2.60. The van der Waals surface area contributed by atoms with E-state index in [0.29, 0.717) is 12.3 Å². The van der Waals surface area contributed by atoms with Gasteiger partial charge in [-0.15, -0.1) is 0 Å². The first-order valence-corrected chi connectivity index (χ1v) is 8.09. The molecule has 0 saturated carbocycles. The third-order valence-corrected chi connectivity index (χ3v) is 3.94. The Balaban J connectivity index is 1.56. The average molecular weight is 365 g/mol. The van der Waals surface area contributed by atoms with Crippen molar-refractivity contribution < 1.29 is 22.7 Å². The van der Waals surface area contributed by atoms with Crippen molar-refractivity contribution in [1.82, 2.24) is 5.32 Å². The Morgan fingerprint density at radius 2 is 1.58 bits per heavy atom. The van der Waals surface area contributed by atoms with Crippen molar-refractivity contribution in [3.05, 3.63) is 59.7 Å². The van der Waals surface area contributed by atoms with E-state index < -0.39 is 17.8 Å². The highest BCUT2D eigenvalue weighted by Crippen LogP contribution is 2.29. The summed E-state index contributed by atoms with van der Waals surface area (Å²) in [5, 5.41) is 8.38. The van der Waals surface area contributed by atoms with Crippen molar-refractivity contribution >= 4 is 17.4 Å². The van der Waals surface area contributed by atoms with Crippen LogP contribution in [-0.4, -0.2) is 25.7 Å². The van der Waals surface area contributed by atoms with Crippen LogP contribution in [0.1, 0.15) is 17.2 Å². The summed E-state index contributed by atoms with van der Waals surface area (Å²) in [5.74, 6) is 0. The van der Waals surface area contributed by atoms with Gasteiger partial charge in [-0.1, -0.05) is 12.1 Å². The number of carbonyl (C=O) groups excluding carboxylic acids is 1. The fourth-order valence-electron chi connectivity index (χ4n) is 2.60. The highest BCUT2D eigenvalue weighted by molar-refractivity contribution is 5.99. The Morgan fingerprint density at radius 1 is 1.00 bits per heavy atom. The van der Waals surface area contributed by atoms with E-state index in [1.165, 1.54) is 12.1 Å². The second-order valence-corrected chi connectivity index (χ2v) is 5.84. The molecule has 0 radical (unpaired) electrons. The van der Waals surface area contributed by atoms with Gasteiger partial charge in [-0.2, -0.15) is 13.2 Å². The number of anilines is 2. The number of carbonyl (C=O) groups is 1. The number of ether oxygens (including phenoxy) is 1. The lowest BCUT2D eigenvalue weighted by Crippen LogP contribution is -2.33. The van der Waals surface area contributed by atoms with Gasteiger partial charge in [0, 0.05) is 24.5 Å². The molecule has 2 amide bonds. The van der Waals surface area contributed by atoms with Crippen molar-refractivity contribution in [2.45, 2.75) is 12.3 Å². The first-order valence-electron chi connectivity index (χ1n) is 8.09. The second kappa shape index (κ2) is 7.76. The Hall–Kier alpha value is -2.58. The number of rotatable bonds is 3. The predicted octanol–water partition coefficient (Wildman–Crippen LogP) is 4.01. The van der Waals surface area contributed by atoms with Crippen LogP contribution < -0.4 is 16.0 Å². The maximum absolute atomic E-state index is 12.5. The summed E-state index contributed by atoms with van der Waals surface area (Å²) < 4.78 is 43.2. The van der Waals surface area contributed by atoms with Crippen LogP contribution in [0.2, 0.25) is 0 Å². The fraction of sp³-hybridized carbons (Fsp3) is 0.278. The Morgan fingerprint density at radius 3 is 2.08 bits per heavy atom. The van der Waals surface area contributed by atoms with E-state index in [0.717, 1.165) is 30.8 Å². The molecule has 1 fully saturated rings. The van der Waals surface area contributed by atoms with Crippen LogP contribution in [0.25, 0.3) is 0 Å². The number of halogens is 3. The van der Waals surface area contributed by atoms with Gasteiger partial charge in [-0.05, 0) is 42.0 Å². The predicted molar refractivity (Wildman–Crippen MR) is 92.1 cm³/mol. The SMILES string of the molecule is O=C(Nc1ccc([C@@H]2CNCCO2)cc1)Nc1ccc(C(F)(F)F)cc1. The van der Waals surface area contributed by atoms with Gasteiger partial charge in [0.2, 0.25) is 0 Å². The number of benzene rings is 2. The van der Waals surface area contributed by atoms with Gasteiger partial charge in [0.05, 0.1) is 18.3 Å². The van der Waals surface area contributed by atoms with Gasteiger partial charge in [-0.3, -0.25) is 0 Å². The molecule has 0 aliphatic carbocycles. The van der Waals surface area contributed by atoms with Crippen molar-refractivity contribution in [3.8, 4) is 0 Å². The van der Waals surface area contributed by atoms with Crippen LogP contribution in [0.3, 0.4) is 0 Å². The van der Waals surface area contributed by atoms with Gasteiger partial charge in [0.1, 0.15) is 0 Å². The molecule has 1 saturated heterocycles. The normalized spacial score (nSPS) is 17.6. The molecular weight excluding hydrogens is 347 g/mol. The lowest BCUT2D eigenvalue weighted by Gasteiger charge is -2.24. The molecule has 0 aromatic heterocycles. The summed E-state index contributed by atoms with van der Waals surface area (Å²) in [7, 11) is 0. The number of hydrogen-bond donors (Lipinski definition) is 3. The summed E-state index contributed by atoms with van der Waals surface area (Å²) in [5.41, 5.74) is 1.08. The summed E-state index contributed by atoms with van der Waals surface area (Å²) in [6, 6.07) is 11.0. The van der Waals surface area contributed by atoms with Crippen molar-refractivity contribution in [3.63, 3.8) is 0 Å². The molecule has 2 aromatic rings. The van der Waals surface area contributed by atoms with E-state index in [4.69, 9.17) is 4.74 Å². The molecule has 1 aliphatic heterocycles. The first kappa shape index (κ1) is 18.2. The first-order chi connectivity index (χ1) is 12.4. The standard InChI is InChI=1S/C18H18F3N3O2/c19-18(20,21)13-3-7-15(8-4-13)24-17(25)23-14-5-1-12(2-6-14)16-11-22-9-10-26-16/h1-8,16,22H,9-11H2,(H2,23,24,25)/t16-/m0/s1. The Kier molecular flexibility index (Phi) is 5.43. The summed E-state index contributed by atoms with van der Waals surface area (Å²) in [6.45, 7) is 2.22. The minimum Gasteiger partial charge on any atom is -0.371 e. The number of morpholine rings is 1. The second-order valence-electron chi connectivity index (χ2n) is 5.84. The molecule has 0 unspecified atom stereocenters. The molecule has 0 bridgehead atoms. The summed E-state index contributed by atoms with van der Waals surface area (Å²) >= 11 is 0. The van der Waals surface area contributed by atoms with E-state index in [1.54, 1.807) is 12.1 Å². The summed E-state index contributed by atoms with van der Waals surface area (Å²) in [6.07, 6.45) is -4.42. The van der Waals surface area contributed by atoms with E-state index >= 15 is 0 Å². The maximum Gasteiger partial charge on any atom is 0.416 e. The molecule has 3 rings (SSSR count). The molecule has 2 aromatic carbocycles. The molecule has 1 atom stereocenters. The number of urea groups is 1. The van der Waals surface area contributed by atoms with Gasteiger partial charge in [0.15, 0.2) is 0 Å². The number of nitrogens with one attached hydrogen (secondary N) is 3. The molecule has 1 heterocycles. The molecular formula is C18H18F3N3O2. The van der Waals surface area contributed by atoms with E-state index in [1.807, 2.05) is 12.1 Å². The lowest BCUT2D eigenvalue weighted by atomic mass is 10.1. The molecule has 5 nitrogen and oxygen atoms in total. The molecule has 0 spiro atoms. The largest absolute Gasteiger partial charge is 0.416 e. The zero-order chi connectivity index (χ0) is 18.6. The van der Waals surface area contributed by atoms with Crippen molar-refractivity contribution in [2.24, 2.45) is 0 Å². The topological polar surface area (TPSA) is 62.4 Å². The zero-order valence-electron chi connectivity index (χ0n) is 13.8. The van der Waals surface area contributed by atoms with Crippen LogP contribution in [-0.2, 0) is 10.9 Å². The number of amides is 2. The Bertz CT molecular complexity index is 740. The van der Waals surface area contributed by atoms with E-state index in [-0.39, 0.29) is 11.8 Å². The minimum atomic E-state index is -4.40. The average Bonchev–Trinajstić information content (AvgIpc) is 2.63. The highest BCUT2D eigenvalue weighted by atomic mass is 19.4. The van der Waals surface area contributed by atoms with Crippen molar-refractivity contribution in [2.75, 3.05) is 30.3 Å². The third-order valence-electron chi connectivity index (χ3n) is 3.94. The van der Waals surface area contributed by atoms with Gasteiger partial charge in [-0.25, -0.2) is 4.79 Å². The minimum absolute atomic E-state index is 0.0150. The van der Waals surface area contributed by atoms with Crippen LogP contribution in [0.15, 0.2) is 48.5 Å². The molecule has 138 valence electrons. The van der Waals surface area contributed by atoms with E-state index in [9.17, 15) is 18.0 Å². The van der Waals surface area contributed by atoms with Gasteiger partial charge < -0.3 is 20.7 Å². The number of hydrogen-bond acceptors (Lipinski definition) is 3. The van der Waals surface area contributed by atoms with Crippen LogP contribution >= 0.6 is 0 Å². The molecule has 8 heteroatoms. The quantitative estimate of drug-likeness (QED) is 0.770.